The molecule has 1 rings (SSSR count). The van der Waals surface area contributed by atoms with Gasteiger partial charge in [0.15, 0.2) is 0 Å². The van der Waals surface area contributed by atoms with Crippen LogP contribution in [0.2, 0.25) is 0 Å². The summed E-state index contributed by atoms with van der Waals surface area (Å²) in [6, 6.07) is 0. The molecule has 0 atom stereocenters. The van der Waals surface area contributed by atoms with Gasteiger partial charge < -0.3 is 4.90 Å². The number of halogens is 4. The van der Waals surface area contributed by atoms with Gasteiger partial charge in [-0.25, -0.2) is 0 Å². The van der Waals surface area contributed by atoms with Crippen molar-refractivity contribution in [2.75, 3.05) is 38.1 Å². The van der Waals surface area contributed by atoms with E-state index in [9.17, 15) is 18.0 Å². The van der Waals surface area contributed by atoms with E-state index in [1.807, 2.05) is 0 Å². The van der Waals surface area contributed by atoms with Crippen LogP contribution in [0.25, 0.3) is 0 Å². The van der Waals surface area contributed by atoms with Crippen molar-refractivity contribution in [1.29, 1.82) is 0 Å². The third kappa shape index (κ3) is 5.72. The largest absolute Gasteiger partial charge is 0.389 e. The lowest BCUT2D eigenvalue weighted by atomic mass is 10.2. The highest BCUT2D eigenvalue weighted by Gasteiger charge is 2.29. The summed E-state index contributed by atoms with van der Waals surface area (Å²) in [5.41, 5.74) is 0. The minimum atomic E-state index is -4.24. The molecule has 0 aromatic heterocycles. The van der Waals surface area contributed by atoms with Gasteiger partial charge in [-0.1, -0.05) is 15.9 Å². The normalized spacial score (nSPS) is 18.5. The molecule has 0 N–H and O–H groups in total. The van der Waals surface area contributed by atoms with Crippen molar-refractivity contribution in [1.82, 2.24) is 9.80 Å². The number of carbonyl (C=O) groups excluding carboxylic acids is 1. The Morgan fingerprint density at radius 1 is 1.18 bits per heavy atom. The van der Waals surface area contributed by atoms with E-state index >= 15 is 0 Å². The van der Waals surface area contributed by atoms with Gasteiger partial charge in [0.25, 0.3) is 0 Å². The minimum Gasteiger partial charge on any atom is -0.340 e. The van der Waals surface area contributed by atoms with Crippen molar-refractivity contribution in [3.8, 4) is 0 Å². The fourth-order valence-corrected chi connectivity index (χ4v) is 2.25. The molecule has 0 unspecified atom stereocenters. The number of nitrogens with zero attached hydrogens (tertiary/aromatic N) is 2. The standard InChI is InChI=1S/C10H16BrF3N2O/c11-3-4-15-5-7-16(8-6-15)9(17)1-2-10(12,13)14/h1-8H2. The molecule has 1 heterocycles. The maximum atomic E-state index is 12.0. The van der Waals surface area contributed by atoms with Crippen LogP contribution in [-0.2, 0) is 4.79 Å². The number of rotatable bonds is 4. The zero-order valence-corrected chi connectivity index (χ0v) is 11.1. The average Bonchev–Trinajstić information content (AvgIpc) is 2.26. The molecule has 7 heteroatoms. The molecule has 1 aliphatic heterocycles. The van der Waals surface area contributed by atoms with Gasteiger partial charge in [-0.05, 0) is 0 Å². The van der Waals surface area contributed by atoms with E-state index in [0.717, 1.165) is 25.0 Å². The number of amides is 1. The van der Waals surface area contributed by atoms with Gasteiger partial charge in [-0.15, -0.1) is 0 Å². The Morgan fingerprint density at radius 2 is 1.76 bits per heavy atom. The fourth-order valence-electron chi connectivity index (χ4n) is 1.75. The highest BCUT2D eigenvalue weighted by molar-refractivity contribution is 9.09. The smallest absolute Gasteiger partial charge is 0.340 e. The molecule has 100 valence electrons. The summed E-state index contributed by atoms with van der Waals surface area (Å²) in [5.74, 6) is -0.388. The van der Waals surface area contributed by atoms with Gasteiger partial charge in [-0.3, -0.25) is 9.69 Å². The SMILES string of the molecule is O=C(CCC(F)(F)F)N1CCN(CCBr)CC1. The summed E-state index contributed by atoms with van der Waals surface area (Å²) in [7, 11) is 0. The Bertz CT molecular complexity index is 252. The molecule has 0 aliphatic carbocycles. The van der Waals surface area contributed by atoms with E-state index < -0.39 is 19.0 Å². The van der Waals surface area contributed by atoms with Crippen LogP contribution >= 0.6 is 15.9 Å². The predicted molar refractivity (Wildman–Crippen MR) is 62.1 cm³/mol. The Balaban J connectivity index is 2.26. The van der Waals surface area contributed by atoms with E-state index in [1.165, 1.54) is 4.90 Å². The number of hydrogen-bond acceptors (Lipinski definition) is 2. The highest BCUT2D eigenvalue weighted by Crippen LogP contribution is 2.22. The van der Waals surface area contributed by atoms with Crippen LogP contribution in [0.5, 0.6) is 0 Å². The molecule has 0 aromatic carbocycles. The Kier molecular flexibility index (Phi) is 5.72. The molecule has 1 fully saturated rings. The van der Waals surface area contributed by atoms with Gasteiger partial charge in [0.1, 0.15) is 0 Å². The van der Waals surface area contributed by atoms with Crippen molar-refractivity contribution in [3.63, 3.8) is 0 Å². The molecule has 1 saturated heterocycles. The maximum Gasteiger partial charge on any atom is 0.389 e. The number of carbonyl (C=O) groups is 1. The molecule has 3 nitrogen and oxygen atoms in total. The van der Waals surface area contributed by atoms with Crippen LogP contribution in [0, 0.1) is 0 Å². The third-order valence-corrected chi connectivity index (χ3v) is 3.10. The second-order valence-corrected chi connectivity index (χ2v) is 4.82. The second-order valence-electron chi connectivity index (χ2n) is 4.03. The summed E-state index contributed by atoms with van der Waals surface area (Å²) in [6.45, 7) is 3.45. The molecule has 1 aliphatic rings. The van der Waals surface area contributed by atoms with Crippen molar-refractivity contribution in [2.24, 2.45) is 0 Å². The van der Waals surface area contributed by atoms with Crippen LogP contribution < -0.4 is 0 Å². The van der Waals surface area contributed by atoms with E-state index in [0.29, 0.717) is 13.1 Å². The number of hydrogen-bond donors (Lipinski definition) is 0. The summed E-state index contributed by atoms with van der Waals surface area (Å²) < 4.78 is 35.9. The first-order valence-corrected chi connectivity index (χ1v) is 6.67. The number of alkyl halides is 4. The zero-order valence-electron chi connectivity index (χ0n) is 9.47. The van der Waals surface area contributed by atoms with E-state index in [1.54, 1.807) is 0 Å². The molecule has 0 radical (unpaired) electrons. The van der Waals surface area contributed by atoms with Gasteiger partial charge in [0.05, 0.1) is 6.42 Å². The average molecular weight is 317 g/mol. The summed E-state index contributed by atoms with van der Waals surface area (Å²) in [6.07, 6.45) is -5.69. The van der Waals surface area contributed by atoms with Crippen molar-refractivity contribution in [2.45, 2.75) is 19.0 Å². The molecule has 0 aromatic rings. The molecular weight excluding hydrogens is 301 g/mol. The van der Waals surface area contributed by atoms with E-state index in [-0.39, 0.29) is 5.91 Å². The second kappa shape index (κ2) is 6.58. The Labute approximate surface area is 107 Å². The maximum absolute atomic E-state index is 12.0. The van der Waals surface area contributed by atoms with Crippen LogP contribution in [0.15, 0.2) is 0 Å². The third-order valence-electron chi connectivity index (χ3n) is 2.75. The zero-order chi connectivity index (χ0) is 12.9. The molecule has 17 heavy (non-hydrogen) atoms. The molecular formula is C10H16BrF3N2O. The first-order valence-electron chi connectivity index (χ1n) is 5.55. The van der Waals surface area contributed by atoms with Gasteiger partial charge in [0.2, 0.25) is 5.91 Å². The molecule has 0 saturated carbocycles. The van der Waals surface area contributed by atoms with Crippen LogP contribution in [0.4, 0.5) is 13.2 Å². The Hall–Kier alpha value is -0.300. The fraction of sp³-hybridized carbons (Fsp3) is 0.900. The molecule has 0 bridgehead atoms. The van der Waals surface area contributed by atoms with Crippen LogP contribution in [0.1, 0.15) is 12.8 Å². The number of piperazine rings is 1. The van der Waals surface area contributed by atoms with E-state index in [2.05, 4.69) is 20.8 Å². The van der Waals surface area contributed by atoms with Gasteiger partial charge >= 0.3 is 6.18 Å². The van der Waals surface area contributed by atoms with E-state index in [4.69, 9.17) is 0 Å². The van der Waals surface area contributed by atoms with Crippen molar-refractivity contribution < 1.29 is 18.0 Å². The predicted octanol–water partition coefficient (Wildman–Crippen LogP) is 1.87. The summed E-state index contributed by atoms with van der Waals surface area (Å²) in [4.78, 5) is 15.2. The lowest BCUT2D eigenvalue weighted by Gasteiger charge is -2.34. The summed E-state index contributed by atoms with van der Waals surface area (Å²) >= 11 is 3.33. The first-order chi connectivity index (χ1) is 7.92. The molecule has 1 amide bonds. The lowest BCUT2D eigenvalue weighted by molar-refractivity contribution is -0.150. The molecule has 0 spiro atoms. The Morgan fingerprint density at radius 3 is 2.24 bits per heavy atom. The lowest BCUT2D eigenvalue weighted by Crippen LogP contribution is -2.49. The van der Waals surface area contributed by atoms with Crippen LogP contribution in [-0.4, -0.2) is 59.9 Å². The van der Waals surface area contributed by atoms with Crippen LogP contribution in [0.3, 0.4) is 0 Å². The first kappa shape index (κ1) is 14.8. The monoisotopic (exact) mass is 316 g/mol. The highest BCUT2D eigenvalue weighted by atomic mass is 79.9. The van der Waals surface area contributed by atoms with Gasteiger partial charge in [-0.2, -0.15) is 13.2 Å². The summed E-state index contributed by atoms with van der Waals surface area (Å²) in [5, 5.41) is 0.870. The van der Waals surface area contributed by atoms with Crippen molar-refractivity contribution in [3.05, 3.63) is 0 Å². The van der Waals surface area contributed by atoms with Gasteiger partial charge in [0, 0.05) is 44.5 Å². The van der Waals surface area contributed by atoms with Crippen molar-refractivity contribution >= 4 is 21.8 Å². The quantitative estimate of drug-likeness (QED) is 0.739. The topological polar surface area (TPSA) is 23.6 Å². The minimum absolute atomic E-state index is 0.388.